The molecule has 0 atom stereocenters. The van der Waals surface area contributed by atoms with Crippen molar-refractivity contribution in [1.29, 1.82) is 0 Å². The molecule has 2 heterocycles. The van der Waals surface area contributed by atoms with E-state index in [1.165, 1.54) is 24.4 Å². The fourth-order valence-electron chi connectivity index (χ4n) is 1.82. The highest BCUT2D eigenvalue weighted by molar-refractivity contribution is 7.08. The number of amides is 1. The zero-order chi connectivity index (χ0) is 10.7. The Kier molecular flexibility index (Phi) is 3.20. The normalized spacial score (nSPS) is 17.5. The number of rotatable bonds is 1. The minimum Gasteiger partial charge on any atom is -0.383 e. The second kappa shape index (κ2) is 4.61. The number of aromatic nitrogens is 1. The molecule has 0 spiro atoms. The molecule has 1 amide bonds. The van der Waals surface area contributed by atoms with E-state index in [1.54, 1.807) is 6.07 Å². The summed E-state index contributed by atoms with van der Waals surface area (Å²) >= 11 is 1.19. The summed E-state index contributed by atoms with van der Waals surface area (Å²) in [4.78, 5) is 14.6. The van der Waals surface area contributed by atoms with Crippen LogP contribution in [0.15, 0.2) is 6.07 Å². The van der Waals surface area contributed by atoms with Crippen LogP contribution in [0.25, 0.3) is 0 Å². The molecule has 5 heteroatoms. The number of anilines is 1. The third-order valence-electron chi connectivity index (χ3n) is 2.63. The molecule has 0 unspecified atom stereocenters. The fourth-order valence-corrected chi connectivity index (χ4v) is 2.46. The molecule has 0 saturated carbocycles. The molecular weight excluding hydrogens is 210 g/mol. The molecule has 1 fully saturated rings. The Morgan fingerprint density at radius 2 is 2.00 bits per heavy atom. The molecule has 0 aliphatic carbocycles. The second-order valence-electron chi connectivity index (χ2n) is 3.82. The van der Waals surface area contributed by atoms with Gasteiger partial charge in [-0.1, -0.05) is 12.8 Å². The van der Waals surface area contributed by atoms with Crippen molar-refractivity contribution >= 4 is 23.3 Å². The van der Waals surface area contributed by atoms with Gasteiger partial charge in [-0.3, -0.25) is 4.79 Å². The largest absolute Gasteiger partial charge is 0.383 e. The quantitative estimate of drug-likeness (QED) is 0.792. The second-order valence-corrected chi connectivity index (χ2v) is 4.63. The van der Waals surface area contributed by atoms with Gasteiger partial charge in [0.2, 0.25) is 0 Å². The Hall–Kier alpha value is -1.10. The standard InChI is InChI=1S/C10H15N3OS/c11-9-7-8(15-12-9)10(14)13-5-3-1-2-4-6-13/h7H,1-6H2,(H2,11,12). The summed E-state index contributed by atoms with van der Waals surface area (Å²) in [7, 11) is 0. The van der Waals surface area contributed by atoms with Gasteiger partial charge in [-0.25, -0.2) is 0 Å². The topological polar surface area (TPSA) is 59.2 Å². The van der Waals surface area contributed by atoms with Crippen molar-refractivity contribution in [2.75, 3.05) is 18.8 Å². The summed E-state index contributed by atoms with van der Waals surface area (Å²) in [5.41, 5.74) is 5.51. The van der Waals surface area contributed by atoms with E-state index in [1.807, 2.05) is 4.90 Å². The number of nitrogens with two attached hydrogens (primary N) is 1. The Labute approximate surface area is 93.2 Å². The molecule has 1 aliphatic rings. The van der Waals surface area contributed by atoms with E-state index in [4.69, 9.17) is 5.73 Å². The fraction of sp³-hybridized carbons (Fsp3) is 0.600. The Morgan fingerprint density at radius 1 is 1.33 bits per heavy atom. The van der Waals surface area contributed by atoms with Crippen LogP contribution >= 0.6 is 11.5 Å². The van der Waals surface area contributed by atoms with Crippen LogP contribution < -0.4 is 5.73 Å². The summed E-state index contributed by atoms with van der Waals surface area (Å²) in [6.07, 6.45) is 4.68. The van der Waals surface area contributed by atoms with Crippen LogP contribution in [0.5, 0.6) is 0 Å². The van der Waals surface area contributed by atoms with Gasteiger partial charge in [0.25, 0.3) is 5.91 Å². The minimum absolute atomic E-state index is 0.0890. The summed E-state index contributed by atoms with van der Waals surface area (Å²) in [5, 5.41) is 0. The highest BCUT2D eigenvalue weighted by atomic mass is 32.1. The van der Waals surface area contributed by atoms with E-state index in [2.05, 4.69) is 4.37 Å². The number of hydrogen-bond donors (Lipinski definition) is 1. The van der Waals surface area contributed by atoms with Gasteiger partial charge < -0.3 is 10.6 Å². The first kappa shape index (κ1) is 10.4. The maximum Gasteiger partial charge on any atom is 0.265 e. The molecular formula is C10H15N3OS. The molecule has 1 aromatic rings. The van der Waals surface area contributed by atoms with Crippen LogP contribution in [0.3, 0.4) is 0 Å². The third kappa shape index (κ3) is 2.47. The first-order chi connectivity index (χ1) is 7.27. The Morgan fingerprint density at radius 3 is 2.53 bits per heavy atom. The van der Waals surface area contributed by atoms with Gasteiger partial charge in [-0.15, -0.1) is 0 Å². The number of likely N-dealkylation sites (tertiary alicyclic amines) is 1. The molecule has 1 aliphatic heterocycles. The molecule has 0 aromatic carbocycles. The lowest BCUT2D eigenvalue weighted by atomic mass is 10.2. The number of carbonyl (C=O) groups is 1. The first-order valence-electron chi connectivity index (χ1n) is 5.29. The van der Waals surface area contributed by atoms with Gasteiger partial charge in [0.05, 0.1) is 0 Å². The van der Waals surface area contributed by atoms with Crippen molar-refractivity contribution < 1.29 is 4.79 Å². The number of nitrogen functional groups attached to an aromatic ring is 1. The zero-order valence-corrected chi connectivity index (χ0v) is 9.42. The van der Waals surface area contributed by atoms with E-state index in [9.17, 15) is 4.79 Å². The average molecular weight is 225 g/mol. The lowest BCUT2D eigenvalue weighted by Crippen LogP contribution is -2.31. The first-order valence-corrected chi connectivity index (χ1v) is 6.06. The van der Waals surface area contributed by atoms with Crippen molar-refractivity contribution in [3.05, 3.63) is 10.9 Å². The third-order valence-corrected chi connectivity index (χ3v) is 3.42. The van der Waals surface area contributed by atoms with Crippen molar-refractivity contribution in [3.8, 4) is 0 Å². The van der Waals surface area contributed by atoms with Crippen LogP contribution in [0.1, 0.15) is 35.4 Å². The van der Waals surface area contributed by atoms with Crippen molar-refractivity contribution in [2.45, 2.75) is 25.7 Å². The van der Waals surface area contributed by atoms with Crippen molar-refractivity contribution in [3.63, 3.8) is 0 Å². The smallest absolute Gasteiger partial charge is 0.265 e. The molecule has 2 N–H and O–H groups in total. The summed E-state index contributed by atoms with van der Waals surface area (Å²) in [5.74, 6) is 0.532. The summed E-state index contributed by atoms with van der Waals surface area (Å²) in [6, 6.07) is 1.66. The van der Waals surface area contributed by atoms with Crippen LogP contribution in [0.2, 0.25) is 0 Å². The number of nitrogens with zero attached hydrogens (tertiary/aromatic N) is 2. The molecule has 82 valence electrons. The maximum atomic E-state index is 12.0. The number of hydrogen-bond acceptors (Lipinski definition) is 4. The highest BCUT2D eigenvalue weighted by Gasteiger charge is 2.18. The predicted octanol–water partition coefficient (Wildman–Crippen LogP) is 1.74. The summed E-state index contributed by atoms with van der Waals surface area (Å²) in [6.45, 7) is 1.74. The zero-order valence-electron chi connectivity index (χ0n) is 8.61. The molecule has 4 nitrogen and oxygen atoms in total. The van der Waals surface area contributed by atoms with Gasteiger partial charge in [0.15, 0.2) is 0 Å². The van der Waals surface area contributed by atoms with Crippen LogP contribution in [-0.2, 0) is 0 Å². The molecule has 0 radical (unpaired) electrons. The van der Waals surface area contributed by atoms with Gasteiger partial charge >= 0.3 is 0 Å². The maximum absolute atomic E-state index is 12.0. The Balaban J connectivity index is 2.06. The van der Waals surface area contributed by atoms with Crippen molar-refractivity contribution in [1.82, 2.24) is 9.27 Å². The molecule has 1 saturated heterocycles. The van der Waals surface area contributed by atoms with Crippen LogP contribution in [0.4, 0.5) is 5.82 Å². The van der Waals surface area contributed by atoms with Gasteiger partial charge in [0.1, 0.15) is 10.7 Å². The summed E-state index contributed by atoms with van der Waals surface area (Å²) < 4.78 is 3.93. The van der Waals surface area contributed by atoms with E-state index in [0.717, 1.165) is 25.9 Å². The Bertz CT molecular complexity index is 342. The SMILES string of the molecule is Nc1cc(C(=O)N2CCCCCC2)sn1. The minimum atomic E-state index is 0.0890. The molecule has 0 bridgehead atoms. The van der Waals surface area contributed by atoms with Crippen LogP contribution in [0, 0.1) is 0 Å². The predicted molar refractivity (Wildman–Crippen MR) is 60.9 cm³/mol. The monoisotopic (exact) mass is 225 g/mol. The lowest BCUT2D eigenvalue weighted by Gasteiger charge is -2.18. The van der Waals surface area contributed by atoms with Gasteiger partial charge in [-0.05, 0) is 24.4 Å². The lowest BCUT2D eigenvalue weighted by molar-refractivity contribution is 0.0766. The van der Waals surface area contributed by atoms with Crippen molar-refractivity contribution in [2.24, 2.45) is 0 Å². The molecule has 1 aromatic heterocycles. The molecule has 2 rings (SSSR count). The van der Waals surface area contributed by atoms with Crippen LogP contribution in [-0.4, -0.2) is 28.3 Å². The van der Waals surface area contributed by atoms with E-state index in [-0.39, 0.29) is 5.91 Å². The van der Waals surface area contributed by atoms with Gasteiger partial charge in [0, 0.05) is 19.2 Å². The number of carbonyl (C=O) groups excluding carboxylic acids is 1. The van der Waals surface area contributed by atoms with E-state index in [0.29, 0.717) is 10.7 Å². The van der Waals surface area contributed by atoms with E-state index >= 15 is 0 Å². The highest BCUT2D eigenvalue weighted by Crippen LogP contribution is 2.17. The van der Waals surface area contributed by atoms with Gasteiger partial charge in [-0.2, -0.15) is 4.37 Å². The van der Waals surface area contributed by atoms with E-state index < -0.39 is 0 Å². The average Bonchev–Trinajstić information content (AvgIpc) is 2.53. The molecule has 15 heavy (non-hydrogen) atoms.